The van der Waals surface area contributed by atoms with Gasteiger partial charge in [-0.3, -0.25) is 4.79 Å². The molecule has 0 bridgehead atoms. The molecule has 0 aliphatic heterocycles. The van der Waals surface area contributed by atoms with Gasteiger partial charge in [-0.1, -0.05) is 133 Å². The van der Waals surface area contributed by atoms with Gasteiger partial charge in [0.1, 0.15) is 28.7 Å². The molecule has 19 nitrogen and oxygen atoms in total. The average molecular weight is 3180 g/mol. The molecule has 139 heavy (non-hydrogen) atoms. The van der Waals surface area contributed by atoms with Crippen molar-refractivity contribution in [1.82, 2.24) is 0 Å². The largest absolute Gasteiger partial charge is 0.545 e. The Morgan fingerprint density at radius 3 is 1.02 bits per heavy atom. The fraction of sp³-hybridized carbons (Fsp3) is 0.0686. The third-order valence-corrected chi connectivity index (χ3v) is 34.0. The second-order valence-corrected chi connectivity index (χ2v) is 48.4. The van der Waals surface area contributed by atoms with Crippen LogP contribution in [-0.2, 0) is 52.4 Å². The number of alkyl halides is 3. The van der Waals surface area contributed by atoms with E-state index in [9.17, 15) is 60.9 Å². The molecule has 0 N–H and O–H groups in total. The van der Waals surface area contributed by atoms with Crippen LogP contribution in [0, 0.1) is 39.3 Å². The maximum atomic E-state index is 12.1. The summed E-state index contributed by atoms with van der Waals surface area (Å²) in [6, 6.07) is 118. The van der Waals surface area contributed by atoms with E-state index in [0.717, 1.165) is 55.0 Å². The molecular weight excluding hydrogens is 3110 g/mol. The highest BCUT2D eigenvalue weighted by Gasteiger charge is 2.42. The SMILES string of the molecule is CC(=O)Oc1c(I)ccc(I)c1C(=O)[O-].CC(Oc1ccc([S+](c2ccccc2)c2ccccc2)cc1)Oc1c(I)cc(I)cc1I.CS(=O)(=O)Oc1c(I)ccc(I)c1C(=O)[O-].Ic1cccc(OCOc2cccc([S+](c3ccccc3)c3ccccc3)c2)c1.Ic1ccccc1OCOc1ccc([S+](c2ccccc2)c2ccccc2)cc1.O=C([O-])c1c(I)ccc(I)c1OC(=O)C(F)(F)F. The summed E-state index contributed by atoms with van der Waals surface area (Å²) in [6.07, 6.45) is -4.75. The molecule has 0 aliphatic carbocycles. The van der Waals surface area contributed by atoms with Crippen molar-refractivity contribution in [3.05, 3.63) is 408 Å². The zero-order chi connectivity index (χ0) is 100. The Hall–Kier alpha value is -6.93. The van der Waals surface area contributed by atoms with Gasteiger partial charge in [0, 0.05) is 37.8 Å². The second-order valence-electron chi connectivity index (χ2n) is 27.7. The normalized spacial score (nSPS) is 11.0. The van der Waals surface area contributed by atoms with Crippen LogP contribution in [0.4, 0.5) is 13.2 Å². The molecule has 0 heterocycles. The van der Waals surface area contributed by atoms with E-state index < -0.39 is 63.7 Å². The summed E-state index contributed by atoms with van der Waals surface area (Å²) in [6.45, 7) is 3.50. The first-order valence-corrected chi connectivity index (χ1v) is 57.5. The first-order chi connectivity index (χ1) is 66.4. The molecule has 0 aliphatic rings. The van der Waals surface area contributed by atoms with Gasteiger partial charge in [0.2, 0.25) is 19.9 Å². The number of para-hydroxylation sites is 1. The molecule has 37 heteroatoms. The number of carbonyl (C=O) groups excluding carboxylic acids is 5. The molecule has 1 unspecified atom stereocenters. The Labute approximate surface area is 959 Å². The topological polar surface area (TPSA) is 272 Å². The van der Waals surface area contributed by atoms with E-state index in [0.29, 0.717) is 14.3 Å². The van der Waals surface area contributed by atoms with Gasteiger partial charge >= 0.3 is 28.2 Å². The van der Waals surface area contributed by atoms with Crippen LogP contribution in [0.3, 0.4) is 0 Å². The quantitative estimate of drug-likeness (QED) is 0.0110. The second kappa shape index (κ2) is 57.1. The molecule has 0 aromatic heterocycles. The van der Waals surface area contributed by atoms with Crippen molar-refractivity contribution < 1.29 is 103 Å². The average Bonchev–Trinajstić information content (AvgIpc) is 0.843. The fourth-order valence-electron chi connectivity index (χ4n) is 11.9. The summed E-state index contributed by atoms with van der Waals surface area (Å²) in [5, 5.41) is 32.6. The number of carboxylic acid groups (broad SMARTS) is 3. The lowest BCUT2D eigenvalue weighted by Gasteiger charge is -2.19. The van der Waals surface area contributed by atoms with Crippen LogP contribution in [0.25, 0.3) is 0 Å². The highest BCUT2D eigenvalue weighted by Crippen LogP contribution is 2.40. The van der Waals surface area contributed by atoms with Crippen LogP contribution in [0.15, 0.2) is 396 Å². The van der Waals surface area contributed by atoms with E-state index in [-0.39, 0.29) is 76.0 Å². The first kappa shape index (κ1) is 114. The number of aromatic carboxylic acids is 3. The van der Waals surface area contributed by atoms with Crippen molar-refractivity contribution in [2.45, 2.75) is 70.4 Å². The van der Waals surface area contributed by atoms with E-state index in [4.69, 9.17) is 33.2 Å². The maximum Gasteiger partial charge on any atom is 0.491 e. The number of benzene rings is 15. The number of hydrogen-bond acceptors (Lipinski definition) is 19. The van der Waals surface area contributed by atoms with Crippen LogP contribution < -0.4 is 57.4 Å². The summed E-state index contributed by atoms with van der Waals surface area (Å²) in [7, 11) is -4.28. The fourth-order valence-corrected chi connectivity index (χ4v) is 27.4. The van der Waals surface area contributed by atoms with Crippen LogP contribution in [-0.4, -0.2) is 70.6 Å². The number of rotatable bonds is 28. The van der Waals surface area contributed by atoms with Crippen molar-refractivity contribution in [2.75, 3.05) is 19.8 Å². The Balaban J connectivity index is 0.000000176. The van der Waals surface area contributed by atoms with Gasteiger partial charge in [0.05, 0.1) is 95.0 Å². The molecule has 0 spiro atoms. The minimum absolute atomic E-state index is 0.0509. The van der Waals surface area contributed by atoms with Crippen LogP contribution in [0.1, 0.15) is 44.9 Å². The Morgan fingerprint density at radius 1 is 0.317 bits per heavy atom. The first-order valence-electron chi connectivity index (χ1n) is 40.2. The molecule has 1 atom stereocenters. The monoisotopic (exact) mass is 3180 g/mol. The zero-order valence-corrected chi connectivity index (χ0v) is 99.2. The lowest BCUT2D eigenvalue weighted by Crippen LogP contribution is -2.31. The molecule has 0 saturated carbocycles. The minimum Gasteiger partial charge on any atom is -0.545 e. The van der Waals surface area contributed by atoms with E-state index in [1.165, 1.54) is 66.7 Å². The summed E-state index contributed by atoms with van der Waals surface area (Å²) in [5.74, 6) is -3.50. The standard InChI is InChI=1S/C26H20I3O2S.2C25H20IO2S.C9H3F3I2O4.C9H6I2O4.C8H6I2O5S/c1-18(31-26-24(28)16-19(27)17-25(26)29)30-20-12-14-23(15-13-20)32(21-8-4-2-5-9-21)22-10-6-3-7-11-22;26-20-9-7-10-21(17-20)27-19-28-22-11-8-16-25(18-22)29(23-12-3-1-4-13-23)24-14-5-2-6-15-24;26-24-13-7-8-14-25(24)28-19-27-20-15-17-23(18-16-20)29(21-9-3-1-4-10-21)22-11-5-2-6-12-22;10-9(11,12)8(17)18-6-4(14)2-1-3(13)5(6)7(15)16;1-4(12)15-8-6(11)3-2-5(10)7(8)9(13)14;1-16(13,14)15-7-5(10)3-2-4(9)6(7)8(11)12/h2-18H,1H3;2*1-18H,19H2;1-2H,(H,15,16);2-3H,1H3,(H,13,14);2-3H,1H3,(H,11,12)/q3*+1;;;/p-3. The number of ether oxygens (including phenoxy) is 8. The molecule has 0 radical (unpaired) electrons. The van der Waals surface area contributed by atoms with Crippen molar-refractivity contribution in [1.29, 1.82) is 0 Å². The lowest BCUT2D eigenvalue weighted by atomic mass is 10.2. The number of esters is 2. The highest BCUT2D eigenvalue weighted by molar-refractivity contribution is 14.1. The number of carboxylic acids is 3. The van der Waals surface area contributed by atoms with E-state index in [2.05, 4.69) is 352 Å². The third kappa shape index (κ3) is 36.1. The van der Waals surface area contributed by atoms with Gasteiger partial charge in [0.15, 0.2) is 67.1 Å². The van der Waals surface area contributed by atoms with Gasteiger partial charge in [-0.2, -0.15) is 21.6 Å². The Bertz CT molecular complexity index is 6660. The molecular formula is C102H72F3I11O19S4. The summed E-state index contributed by atoms with van der Waals surface area (Å²) in [4.78, 5) is 65.6. The molecule has 0 fully saturated rings. The smallest absolute Gasteiger partial charge is 0.491 e. The predicted molar refractivity (Wildman–Crippen MR) is 617 cm³/mol. The summed E-state index contributed by atoms with van der Waals surface area (Å²) < 4.78 is 115. The predicted octanol–water partition coefficient (Wildman–Crippen LogP) is 25.5. The van der Waals surface area contributed by atoms with Crippen molar-refractivity contribution in [2.24, 2.45) is 0 Å². The van der Waals surface area contributed by atoms with E-state index in [1.54, 1.807) is 115 Å². The molecule has 15 aromatic carbocycles. The van der Waals surface area contributed by atoms with Crippen LogP contribution in [0.2, 0.25) is 0 Å². The summed E-state index contributed by atoms with van der Waals surface area (Å²) in [5.41, 5.74) is -0.921. The maximum absolute atomic E-state index is 12.1. The molecule has 15 rings (SSSR count). The molecule has 716 valence electrons. The van der Waals surface area contributed by atoms with Crippen LogP contribution >= 0.6 is 248 Å². The number of halogens is 14. The summed E-state index contributed by atoms with van der Waals surface area (Å²) >= 11 is 21.9. The molecule has 15 aromatic rings. The van der Waals surface area contributed by atoms with E-state index in [1.807, 2.05) is 137 Å². The lowest BCUT2D eigenvalue weighted by molar-refractivity contribution is -0.256. The van der Waals surface area contributed by atoms with Gasteiger partial charge in [-0.05, 0) is 461 Å². The minimum atomic E-state index is -5.20. The molecule has 0 amide bonds. The van der Waals surface area contributed by atoms with E-state index >= 15 is 0 Å². The van der Waals surface area contributed by atoms with Gasteiger partial charge in [-0.25, -0.2) is 4.79 Å². The number of hydrogen-bond donors (Lipinski definition) is 0. The third-order valence-electron chi connectivity index (χ3n) is 17.8. The van der Waals surface area contributed by atoms with Gasteiger partial charge in [0.25, 0.3) is 0 Å². The van der Waals surface area contributed by atoms with Gasteiger partial charge in [-0.15, -0.1) is 0 Å². The van der Waals surface area contributed by atoms with Crippen molar-refractivity contribution >= 4 is 321 Å². The van der Waals surface area contributed by atoms with Crippen LogP contribution in [0.5, 0.6) is 51.7 Å². The highest BCUT2D eigenvalue weighted by atomic mass is 127. The Morgan fingerprint density at radius 2 is 0.640 bits per heavy atom. The Kier molecular flexibility index (Phi) is 46.8. The zero-order valence-electron chi connectivity index (χ0n) is 72.2. The van der Waals surface area contributed by atoms with Crippen molar-refractivity contribution in [3.8, 4) is 51.7 Å². The number of carbonyl (C=O) groups is 5. The molecule has 0 saturated heterocycles. The van der Waals surface area contributed by atoms with Crippen molar-refractivity contribution in [3.63, 3.8) is 0 Å². The van der Waals surface area contributed by atoms with Gasteiger partial charge < -0.3 is 71.8 Å².